The highest BCUT2D eigenvalue weighted by Crippen LogP contribution is 2.16. The molecule has 5 heteroatoms. The van der Waals surface area contributed by atoms with Crippen molar-refractivity contribution in [1.29, 1.82) is 0 Å². The van der Waals surface area contributed by atoms with Crippen molar-refractivity contribution in [2.75, 3.05) is 0 Å². The standard InChI is InChI=1S/C13H12ClFN2O/c1-2-12-16-11(14)7-13(17-12)18-8-9-5-3-4-6-10(9)15/h3-7H,2,8H2,1H3. The van der Waals surface area contributed by atoms with Gasteiger partial charge in [0.1, 0.15) is 23.4 Å². The van der Waals surface area contributed by atoms with Gasteiger partial charge in [-0.3, -0.25) is 0 Å². The molecule has 0 aliphatic heterocycles. The lowest BCUT2D eigenvalue weighted by molar-refractivity contribution is 0.286. The van der Waals surface area contributed by atoms with Crippen LogP contribution in [0, 0.1) is 5.82 Å². The molecule has 1 heterocycles. The van der Waals surface area contributed by atoms with E-state index in [9.17, 15) is 4.39 Å². The quantitative estimate of drug-likeness (QED) is 0.796. The van der Waals surface area contributed by atoms with E-state index in [-0.39, 0.29) is 12.4 Å². The van der Waals surface area contributed by atoms with Crippen molar-refractivity contribution < 1.29 is 9.13 Å². The fourth-order valence-electron chi connectivity index (χ4n) is 1.44. The second kappa shape index (κ2) is 5.78. The molecule has 1 aromatic carbocycles. The molecule has 2 aromatic rings. The average Bonchev–Trinajstić information content (AvgIpc) is 2.37. The number of rotatable bonds is 4. The number of benzene rings is 1. The van der Waals surface area contributed by atoms with Gasteiger partial charge in [-0.05, 0) is 6.07 Å². The van der Waals surface area contributed by atoms with Gasteiger partial charge < -0.3 is 4.74 Å². The summed E-state index contributed by atoms with van der Waals surface area (Å²) in [6.07, 6.45) is 0.663. The van der Waals surface area contributed by atoms with E-state index in [2.05, 4.69) is 9.97 Å². The largest absolute Gasteiger partial charge is 0.473 e. The summed E-state index contributed by atoms with van der Waals surface area (Å²) in [5.41, 5.74) is 0.477. The second-order valence-corrected chi connectivity index (χ2v) is 4.07. The molecule has 0 bridgehead atoms. The first-order valence-electron chi connectivity index (χ1n) is 5.58. The van der Waals surface area contributed by atoms with Crippen molar-refractivity contribution in [2.45, 2.75) is 20.0 Å². The minimum atomic E-state index is -0.298. The fourth-order valence-corrected chi connectivity index (χ4v) is 1.63. The summed E-state index contributed by atoms with van der Waals surface area (Å²) < 4.78 is 18.8. The van der Waals surface area contributed by atoms with Crippen molar-refractivity contribution in [3.63, 3.8) is 0 Å². The Hall–Kier alpha value is -1.68. The lowest BCUT2D eigenvalue weighted by atomic mass is 10.2. The van der Waals surface area contributed by atoms with Gasteiger partial charge in [-0.25, -0.2) is 9.37 Å². The van der Waals surface area contributed by atoms with Gasteiger partial charge in [-0.2, -0.15) is 4.98 Å². The summed E-state index contributed by atoms with van der Waals surface area (Å²) in [7, 11) is 0. The Morgan fingerprint density at radius 1 is 1.28 bits per heavy atom. The topological polar surface area (TPSA) is 35.0 Å². The Bertz CT molecular complexity index is 548. The molecule has 3 nitrogen and oxygen atoms in total. The monoisotopic (exact) mass is 266 g/mol. The van der Waals surface area contributed by atoms with Gasteiger partial charge in [-0.1, -0.05) is 36.7 Å². The molecule has 0 N–H and O–H groups in total. The van der Waals surface area contributed by atoms with Crippen LogP contribution in [0.2, 0.25) is 5.15 Å². The fraction of sp³-hybridized carbons (Fsp3) is 0.231. The van der Waals surface area contributed by atoms with Crippen molar-refractivity contribution in [2.24, 2.45) is 0 Å². The highest BCUT2D eigenvalue weighted by molar-refractivity contribution is 6.29. The normalized spacial score (nSPS) is 10.4. The van der Waals surface area contributed by atoms with Crippen LogP contribution in [0.3, 0.4) is 0 Å². The number of nitrogens with zero attached hydrogens (tertiary/aromatic N) is 2. The van der Waals surface area contributed by atoms with Crippen molar-refractivity contribution >= 4 is 11.6 Å². The predicted octanol–water partition coefficient (Wildman–Crippen LogP) is 3.41. The first-order valence-corrected chi connectivity index (χ1v) is 5.96. The third kappa shape index (κ3) is 3.17. The lowest BCUT2D eigenvalue weighted by Gasteiger charge is -2.07. The van der Waals surface area contributed by atoms with Gasteiger partial charge in [0.2, 0.25) is 5.88 Å². The molecule has 18 heavy (non-hydrogen) atoms. The molecule has 0 aliphatic rings. The van der Waals surface area contributed by atoms with Crippen LogP contribution in [-0.2, 0) is 13.0 Å². The van der Waals surface area contributed by atoms with Gasteiger partial charge in [0, 0.05) is 18.1 Å². The first-order chi connectivity index (χ1) is 8.69. The Morgan fingerprint density at radius 3 is 2.78 bits per heavy atom. The summed E-state index contributed by atoms with van der Waals surface area (Å²) in [6, 6.07) is 7.96. The van der Waals surface area contributed by atoms with Crippen LogP contribution in [0.5, 0.6) is 5.88 Å². The van der Waals surface area contributed by atoms with E-state index in [1.54, 1.807) is 18.2 Å². The molecule has 0 atom stereocenters. The Kier molecular flexibility index (Phi) is 4.10. The minimum Gasteiger partial charge on any atom is -0.473 e. The molecule has 1 aromatic heterocycles. The summed E-state index contributed by atoms with van der Waals surface area (Å²) in [4.78, 5) is 8.18. The smallest absolute Gasteiger partial charge is 0.218 e. The number of hydrogen-bond acceptors (Lipinski definition) is 3. The molecule has 2 rings (SSSR count). The van der Waals surface area contributed by atoms with Crippen molar-refractivity contribution in [3.8, 4) is 5.88 Å². The Morgan fingerprint density at radius 2 is 2.06 bits per heavy atom. The minimum absolute atomic E-state index is 0.114. The van der Waals surface area contributed by atoms with E-state index in [0.717, 1.165) is 0 Å². The first kappa shape index (κ1) is 12.8. The van der Waals surface area contributed by atoms with Crippen LogP contribution in [-0.4, -0.2) is 9.97 Å². The van der Waals surface area contributed by atoms with Gasteiger partial charge >= 0.3 is 0 Å². The highest BCUT2D eigenvalue weighted by Gasteiger charge is 2.05. The highest BCUT2D eigenvalue weighted by atomic mass is 35.5. The second-order valence-electron chi connectivity index (χ2n) is 3.68. The maximum atomic E-state index is 13.4. The molecule has 0 fully saturated rings. The molecule has 0 amide bonds. The van der Waals surface area contributed by atoms with Gasteiger partial charge in [0.25, 0.3) is 0 Å². The molecule has 0 unspecified atom stereocenters. The van der Waals surface area contributed by atoms with Gasteiger partial charge in [0.05, 0.1) is 0 Å². The van der Waals surface area contributed by atoms with E-state index >= 15 is 0 Å². The van der Waals surface area contributed by atoms with Crippen LogP contribution in [0.15, 0.2) is 30.3 Å². The molecule has 0 spiro atoms. The zero-order chi connectivity index (χ0) is 13.0. The summed E-state index contributed by atoms with van der Waals surface area (Å²) in [5.74, 6) is 0.662. The number of hydrogen-bond donors (Lipinski definition) is 0. The molecule has 0 saturated heterocycles. The maximum absolute atomic E-state index is 13.4. The van der Waals surface area contributed by atoms with E-state index in [1.807, 2.05) is 6.92 Å². The molecule has 0 aliphatic carbocycles. The van der Waals surface area contributed by atoms with Crippen LogP contribution >= 0.6 is 11.6 Å². The molecule has 94 valence electrons. The third-order valence-corrected chi connectivity index (χ3v) is 2.56. The predicted molar refractivity (Wildman–Crippen MR) is 67.2 cm³/mol. The summed E-state index contributed by atoms with van der Waals surface area (Å²) in [5, 5.41) is 0.324. The summed E-state index contributed by atoms with van der Waals surface area (Å²) >= 11 is 5.84. The van der Waals surface area contributed by atoms with Crippen LogP contribution in [0.25, 0.3) is 0 Å². The van der Waals surface area contributed by atoms with E-state index < -0.39 is 0 Å². The molecule has 0 radical (unpaired) electrons. The number of halogens is 2. The Labute approximate surface area is 110 Å². The summed E-state index contributed by atoms with van der Waals surface area (Å²) in [6.45, 7) is 2.04. The van der Waals surface area contributed by atoms with E-state index in [0.29, 0.717) is 28.8 Å². The molecule has 0 saturated carbocycles. The number of aromatic nitrogens is 2. The van der Waals surface area contributed by atoms with Crippen molar-refractivity contribution in [3.05, 3.63) is 52.7 Å². The SMILES string of the molecule is CCc1nc(Cl)cc(OCc2ccccc2F)n1. The van der Waals surface area contributed by atoms with E-state index in [1.165, 1.54) is 12.1 Å². The Balaban J connectivity index is 2.11. The van der Waals surface area contributed by atoms with E-state index in [4.69, 9.17) is 16.3 Å². The average molecular weight is 267 g/mol. The molecular weight excluding hydrogens is 255 g/mol. The lowest BCUT2D eigenvalue weighted by Crippen LogP contribution is -2.02. The zero-order valence-electron chi connectivity index (χ0n) is 9.86. The van der Waals surface area contributed by atoms with Crippen LogP contribution < -0.4 is 4.74 Å². The molecular formula is C13H12ClFN2O. The zero-order valence-corrected chi connectivity index (χ0v) is 10.6. The van der Waals surface area contributed by atoms with Gasteiger partial charge in [0.15, 0.2) is 0 Å². The third-order valence-electron chi connectivity index (χ3n) is 2.37. The van der Waals surface area contributed by atoms with Crippen molar-refractivity contribution in [1.82, 2.24) is 9.97 Å². The van der Waals surface area contributed by atoms with Crippen LogP contribution in [0.1, 0.15) is 18.3 Å². The number of aryl methyl sites for hydroxylation is 1. The van der Waals surface area contributed by atoms with Gasteiger partial charge in [-0.15, -0.1) is 0 Å². The number of ether oxygens (including phenoxy) is 1. The maximum Gasteiger partial charge on any atom is 0.218 e. The van der Waals surface area contributed by atoms with Crippen LogP contribution in [0.4, 0.5) is 4.39 Å².